The Morgan fingerprint density at radius 3 is 2.44 bits per heavy atom. The Hall–Kier alpha value is -3.75. The van der Waals surface area contributed by atoms with Crippen molar-refractivity contribution in [1.29, 1.82) is 0 Å². The number of halogens is 1. The van der Waals surface area contributed by atoms with E-state index in [1.807, 2.05) is 22.6 Å². The van der Waals surface area contributed by atoms with E-state index in [-0.39, 0.29) is 29.7 Å². The molecule has 3 aliphatic rings. The van der Waals surface area contributed by atoms with Gasteiger partial charge in [0.25, 0.3) is 5.91 Å². The molecule has 41 heavy (non-hydrogen) atoms. The first-order valence-corrected chi connectivity index (χ1v) is 13.7. The monoisotopic (exact) mass is 674 g/mol. The smallest absolute Gasteiger partial charge is 0.255 e. The molecule has 0 heterocycles. The number of ether oxygens (including phenoxy) is 1. The van der Waals surface area contributed by atoms with Crippen molar-refractivity contribution in [3.63, 3.8) is 0 Å². The Morgan fingerprint density at radius 2 is 1.85 bits per heavy atom. The summed E-state index contributed by atoms with van der Waals surface area (Å²) in [5.41, 5.74) is 3.40. The van der Waals surface area contributed by atoms with Crippen LogP contribution in [0.3, 0.4) is 0 Å². The molecule has 1 fully saturated rings. The number of aromatic hydroxyl groups is 1. The molecule has 0 radical (unpaired) electrons. The van der Waals surface area contributed by atoms with E-state index in [1.165, 1.54) is 26.1 Å². The van der Waals surface area contributed by atoms with Crippen molar-refractivity contribution in [3.05, 3.63) is 61.4 Å². The van der Waals surface area contributed by atoms with Gasteiger partial charge in [-0.3, -0.25) is 24.1 Å². The highest BCUT2D eigenvalue weighted by molar-refractivity contribution is 14.1. The molecule has 2 aromatic carbocycles. The first-order chi connectivity index (χ1) is 19.3. The average Bonchev–Trinajstić information content (AvgIpc) is 2.91. The number of Topliss-reactive ketones (excluding diaryl/α,β-unsaturated/α-hetero) is 2. The number of carbonyl (C=O) groups is 4. The molecule has 2 aromatic rings. The van der Waals surface area contributed by atoms with E-state index < -0.39 is 58.0 Å². The summed E-state index contributed by atoms with van der Waals surface area (Å²) >= 11 is 1.88. The summed E-state index contributed by atoms with van der Waals surface area (Å²) in [6.45, 7) is 0. The van der Waals surface area contributed by atoms with Gasteiger partial charge in [0.05, 0.1) is 22.3 Å². The van der Waals surface area contributed by atoms with Gasteiger partial charge < -0.3 is 30.9 Å². The Bertz CT molecular complexity index is 1630. The van der Waals surface area contributed by atoms with Crippen molar-refractivity contribution >= 4 is 52.1 Å². The van der Waals surface area contributed by atoms with Gasteiger partial charge in [-0.15, -0.1) is 0 Å². The number of carbonyl (C=O) groups excluding carboxylic acids is 4. The SMILES string of the molecule is COc1ccc(C=O)cc1-c1cc(I)c(O)c2c1C[C@@H]1C[C@@H]3[C@@H](N(C)C)C(=O)C(C(N)=O)=C(O)[C@]3(O)C(=O)C1=C2O. The van der Waals surface area contributed by atoms with Crippen LogP contribution >= 0.6 is 22.6 Å². The molecule has 0 aromatic heterocycles. The highest BCUT2D eigenvalue weighted by atomic mass is 127. The Morgan fingerprint density at radius 1 is 1.17 bits per heavy atom. The standard InChI is InChI=1S/C29H27IN2O9/c1-32(2)22-16-8-12-7-15-13(14-6-11(10-33)4-5-18(14)41-3)9-17(30)23(34)20(15)24(35)19(12)26(37)29(16,40)27(38)21(25(22)36)28(31)39/h4-6,9-10,12,16,22,34-35,38,40H,7-8H2,1-3H3,(H2,31,39)/t12-,16-,22-,29-/m1/s1. The van der Waals surface area contributed by atoms with Crippen LogP contribution in [0.2, 0.25) is 0 Å². The van der Waals surface area contributed by atoms with E-state index >= 15 is 0 Å². The average molecular weight is 674 g/mol. The van der Waals surface area contributed by atoms with Crippen LogP contribution in [0.5, 0.6) is 11.5 Å². The third-order valence-corrected chi connectivity index (χ3v) is 9.15. The summed E-state index contributed by atoms with van der Waals surface area (Å²) in [5.74, 6) is -6.73. The fourth-order valence-corrected chi connectivity index (χ4v) is 7.11. The summed E-state index contributed by atoms with van der Waals surface area (Å²) in [5, 5.41) is 45.4. The number of primary amides is 1. The van der Waals surface area contributed by atoms with Crippen LogP contribution in [0, 0.1) is 15.4 Å². The summed E-state index contributed by atoms with van der Waals surface area (Å²) < 4.78 is 5.86. The second-order valence-electron chi connectivity index (χ2n) is 10.6. The first kappa shape index (κ1) is 28.8. The van der Waals surface area contributed by atoms with Crippen molar-refractivity contribution in [2.24, 2.45) is 17.6 Å². The van der Waals surface area contributed by atoms with Crippen LogP contribution < -0.4 is 10.5 Å². The molecule has 0 bridgehead atoms. The van der Waals surface area contributed by atoms with Gasteiger partial charge in [0.1, 0.15) is 34.9 Å². The van der Waals surface area contributed by atoms with E-state index in [9.17, 15) is 39.6 Å². The number of likely N-dealkylation sites (N-methyl/N-ethyl adjacent to an activating group) is 1. The van der Waals surface area contributed by atoms with Crippen LogP contribution in [0.15, 0.2) is 41.2 Å². The normalized spacial score (nSPS) is 25.6. The van der Waals surface area contributed by atoms with Gasteiger partial charge in [0.15, 0.2) is 11.4 Å². The number of aldehydes is 1. The molecule has 6 N–H and O–H groups in total. The number of nitrogens with zero attached hydrogens (tertiary/aromatic N) is 1. The Balaban J connectivity index is 1.79. The lowest BCUT2D eigenvalue weighted by Crippen LogP contribution is -2.65. The number of aliphatic hydroxyl groups excluding tert-OH is 2. The minimum absolute atomic E-state index is 0.0382. The van der Waals surface area contributed by atoms with E-state index in [1.54, 1.807) is 24.3 Å². The zero-order chi connectivity index (χ0) is 30.1. The Labute approximate surface area is 248 Å². The number of phenols is 1. The highest BCUT2D eigenvalue weighted by Crippen LogP contribution is 2.54. The van der Waals surface area contributed by atoms with Gasteiger partial charge >= 0.3 is 0 Å². The minimum Gasteiger partial charge on any atom is -0.508 e. The van der Waals surface area contributed by atoms with Crippen molar-refractivity contribution in [3.8, 4) is 22.6 Å². The first-order valence-electron chi connectivity index (χ1n) is 12.6. The number of methoxy groups -OCH3 is 1. The van der Waals surface area contributed by atoms with Crippen molar-refractivity contribution < 1.29 is 44.3 Å². The predicted octanol–water partition coefficient (Wildman–Crippen LogP) is 2.06. The molecular formula is C29H27IN2O9. The van der Waals surface area contributed by atoms with Crippen LogP contribution in [-0.4, -0.2) is 81.9 Å². The molecule has 1 amide bonds. The molecular weight excluding hydrogens is 647 g/mol. The maximum absolute atomic E-state index is 14.0. The number of ketones is 2. The number of nitrogens with two attached hydrogens (primary N) is 1. The van der Waals surface area contributed by atoms with Crippen molar-refractivity contribution in [1.82, 2.24) is 4.90 Å². The van der Waals surface area contributed by atoms with Gasteiger partial charge in [0, 0.05) is 22.6 Å². The zero-order valence-electron chi connectivity index (χ0n) is 22.3. The van der Waals surface area contributed by atoms with Crippen LogP contribution in [0.4, 0.5) is 0 Å². The van der Waals surface area contributed by atoms with E-state index in [2.05, 4.69) is 0 Å². The number of aliphatic hydroxyl groups is 3. The van der Waals surface area contributed by atoms with Crippen LogP contribution in [-0.2, 0) is 20.8 Å². The lowest BCUT2D eigenvalue weighted by molar-refractivity contribution is -0.153. The number of amides is 1. The third kappa shape index (κ3) is 3.99. The maximum Gasteiger partial charge on any atom is 0.255 e. The lowest BCUT2D eigenvalue weighted by Gasteiger charge is -2.50. The van der Waals surface area contributed by atoms with Gasteiger partial charge in [-0.1, -0.05) is 0 Å². The van der Waals surface area contributed by atoms with E-state index in [4.69, 9.17) is 10.5 Å². The van der Waals surface area contributed by atoms with Crippen LogP contribution in [0.25, 0.3) is 16.9 Å². The van der Waals surface area contributed by atoms with Crippen molar-refractivity contribution in [2.45, 2.75) is 24.5 Å². The maximum atomic E-state index is 14.0. The number of rotatable bonds is 5. The number of fused-ring (bicyclic) bond motifs is 3. The summed E-state index contributed by atoms with van der Waals surface area (Å²) in [7, 11) is 4.55. The summed E-state index contributed by atoms with van der Waals surface area (Å²) in [6.07, 6.45) is 0.741. The van der Waals surface area contributed by atoms with E-state index in [0.717, 1.165) is 0 Å². The minimum atomic E-state index is -2.72. The molecule has 4 atom stereocenters. The second kappa shape index (κ2) is 9.96. The molecule has 11 nitrogen and oxygen atoms in total. The molecule has 1 saturated carbocycles. The second-order valence-corrected chi connectivity index (χ2v) is 11.8. The van der Waals surface area contributed by atoms with Gasteiger partial charge in [-0.05, 0) is 90.8 Å². The molecule has 5 rings (SSSR count). The molecule has 3 aliphatic carbocycles. The van der Waals surface area contributed by atoms with Gasteiger partial charge in [-0.25, -0.2) is 0 Å². The van der Waals surface area contributed by atoms with Crippen molar-refractivity contribution in [2.75, 3.05) is 21.2 Å². The topological polar surface area (TPSA) is 188 Å². The third-order valence-electron chi connectivity index (χ3n) is 8.32. The van der Waals surface area contributed by atoms with Crippen LogP contribution in [0.1, 0.15) is 27.9 Å². The molecule has 0 spiro atoms. The number of hydrogen-bond acceptors (Lipinski definition) is 10. The number of phenolic OH excluding ortho intramolecular Hbond substituents is 1. The van der Waals surface area contributed by atoms with Gasteiger partial charge in [0.2, 0.25) is 5.78 Å². The molecule has 0 saturated heterocycles. The number of benzene rings is 2. The molecule has 214 valence electrons. The fourth-order valence-electron chi connectivity index (χ4n) is 6.53. The van der Waals surface area contributed by atoms with E-state index in [0.29, 0.717) is 37.9 Å². The number of hydrogen-bond donors (Lipinski definition) is 5. The molecule has 0 aliphatic heterocycles. The Kier molecular flexibility index (Phi) is 6.99. The predicted molar refractivity (Wildman–Crippen MR) is 154 cm³/mol. The largest absolute Gasteiger partial charge is 0.508 e. The summed E-state index contributed by atoms with van der Waals surface area (Å²) in [6, 6.07) is 5.33. The van der Waals surface area contributed by atoms with Gasteiger partial charge in [-0.2, -0.15) is 0 Å². The summed E-state index contributed by atoms with van der Waals surface area (Å²) in [4.78, 5) is 52.5. The lowest BCUT2D eigenvalue weighted by atomic mass is 9.57. The quantitative estimate of drug-likeness (QED) is 0.179. The zero-order valence-corrected chi connectivity index (χ0v) is 24.4. The highest BCUT2D eigenvalue weighted by Gasteiger charge is 2.64. The molecule has 12 heteroatoms. The molecule has 0 unspecified atom stereocenters. The fraction of sp³-hybridized carbons (Fsp3) is 0.310.